The lowest BCUT2D eigenvalue weighted by Gasteiger charge is -2.18. The fraction of sp³-hybridized carbons (Fsp3) is 0.273. The van der Waals surface area contributed by atoms with Crippen LogP contribution in [0.4, 0.5) is 18.9 Å². The molecule has 1 aromatic carbocycles. The number of thioether (sulfide) groups is 1. The average molecular weight is 370 g/mol. The van der Waals surface area contributed by atoms with Gasteiger partial charge in [0.05, 0.1) is 16.5 Å². The summed E-state index contributed by atoms with van der Waals surface area (Å²) < 4.78 is 38.6. The molecule has 102 valence electrons. The molecule has 1 aromatic rings. The Morgan fingerprint density at radius 2 is 2.05 bits per heavy atom. The molecule has 2 nitrogen and oxygen atoms in total. The number of halogens is 4. The van der Waals surface area contributed by atoms with Crippen molar-refractivity contribution in [1.82, 2.24) is 0 Å². The smallest absolute Gasteiger partial charge is 0.273 e. The number of anilines is 1. The molecule has 1 aliphatic heterocycles. The largest absolute Gasteiger partial charge is 0.417 e. The Labute approximate surface area is 125 Å². The maximum absolute atomic E-state index is 12.8. The van der Waals surface area contributed by atoms with Crippen LogP contribution in [0.2, 0.25) is 0 Å². The molecule has 0 bridgehead atoms. The van der Waals surface area contributed by atoms with E-state index in [2.05, 4.69) is 15.9 Å². The van der Waals surface area contributed by atoms with Gasteiger partial charge in [0.15, 0.2) is 0 Å². The van der Waals surface area contributed by atoms with Crippen molar-refractivity contribution in [3.05, 3.63) is 28.2 Å². The molecule has 0 aliphatic carbocycles. The van der Waals surface area contributed by atoms with Crippen molar-refractivity contribution < 1.29 is 18.0 Å². The monoisotopic (exact) mass is 369 g/mol. The third kappa shape index (κ3) is 2.80. The second-order valence-electron chi connectivity index (χ2n) is 3.86. The van der Waals surface area contributed by atoms with Gasteiger partial charge in [0.2, 0.25) is 5.91 Å². The van der Waals surface area contributed by atoms with Gasteiger partial charge >= 0.3 is 6.18 Å². The molecule has 2 rings (SSSR count). The van der Waals surface area contributed by atoms with E-state index in [9.17, 15) is 18.0 Å². The number of nitrogens with zero attached hydrogens (tertiary/aromatic N) is 1. The zero-order chi connectivity index (χ0) is 14.4. The van der Waals surface area contributed by atoms with E-state index in [4.69, 9.17) is 12.2 Å². The summed E-state index contributed by atoms with van der Waals surface area (Å²) >= 11 is 9.04. The summed E-state index contributed by atoms with van der Waals surface area (Å²) in [6.07, 6.45) is -4.49. The Morgan fingerprint density at radius 3 is 2.53 bits per heavy atom. The van der Waals surface area contributed by atoms with E-state index >= 15 is 0 Å². The summed E-state index contributed by atoms with van der Waals surface area (Å²) in [4.78, 5) is 13.0. The van der Waals surface area contributed by atoms with Gasteiger partial charge in [-0.25, -0.2) is 0 Å². The molecule has 0 radical (unpaired) electrons. The standard InChI is InChI=1S/C11H7BrF3NOS2/c1-5-9(17)16(10(18)19-5)6-2-3-8(12)7(4-6)11(13,14)15/h2-5H,1H3. The second-order valence-corrected chi connectivity index (χ2v) is 6.69. The van der Waals surface area contributed by atoms with E-state index in [1.165, 1.54) is 12.1 Å². The fourth-order valence-corrected chi connectivity index (χ4v) is 3.54. The number of hydrogen-bond acceptors (Lipinski definition) is 3. The van der Waals surface area contributed by atoms with Crippen LogP contribution in [0.25, 0.3) is 0 Å². The highest BCUT2D eigenvalue weighted by molar-refractivity contribution is 9.10. The predicted octanol–water partition coefficient (Wildman–Crippen LogP) is 4.22. The van der Waals surface area contributed by atoms with Gasteiger partial charge in [-0.2, -0.15) is 13.2 Å². The fourth-order valence-electron chi connectivity index (χ4n) is 1.63. The van der Waals surface area contributed by atoms with Crippen molar-refractivity contribution in [2.75, 3.05) is 4.90 Å². The van der Waals surface area contributed by atoms with E-state index in [0.29, 0.717) is 0 Å². The first kappa shape index (κ1) is 14.8. The van der Waals surface area contributed by atoms with E-state index < -0.39 is 11.7 Å². The number of rotatable bonds is 1. The molecule has 1 fully saturated rings. The summed E-state index contributed by atoms with van der Waals surface area (Å²) in [6.45, 7) is 1.67. The van der Waals surface area contributed by atoms with Crippen LogP contribution in [0, 0.1) is 0 Å². The SMILES string of the molecule is CC1SC(=S)N(c2ccc(Br)c(C(F)(F)F)c2)C1=O. The van der Waals surface area contributed by atoms with Gasteiger partial charge in [0, 0.05) is 4.47 Å². The average Bonchev–Trinajstić information content (AvgIpc) is 2.53. The first-order chi connectivity index (χ1) is 8.71. The zero-order valence-electron chi connectivity index (χ0n) is 9.49. The van der Waals surface area contributed by atoms with E-state index in [0.717, 1.165) is 22.7 Å². The normalized spacial score (nSPS) is 20.3. The highest BCUT2D eigenvalue weighted by Gasteiger charge is 2.38. The molecule has 1 unspecified atom stereocenters. The molecule has 19 heavy (non-hydrogen) atoms. The lowest BCUT2D eigenvalue weighted by atomic mass is 10.2. The number of amides is 1. The minimum absolute atomic E-state index is 0.0676. The highest BCUT2D eigenvalue weighted by atomic mass is 79.9. The Morgan fingerprint density at radius 1 is 1.42 bits per heavy atom. The minimum Gasteiger partial charge on any atom is -0.273 e. The van der Waals surface area contributed by atoms with Crippen molar-refractivity contribution in [2.45, 2.75) is 18.3 Å². The molecule has 0 aromatic heterocycles. The van der Waals surface area contributed by atoms with Crippen LogP contribution in [0.5, 0.6) is 0 Å². The van der Waals surface area contributed by atoms with Gasteiger partial charge in [-0.05, 0) is 25.1 Å². The van der Waals surface area contributed by atoms with E-state index in [-0.39, 0.29) is 25.6 Å². The van der Waals surface area contributed by atoms with Crippen molar-refractivity contribution in [1.29, 1.82) is 0 Å². The van der Waals surface area contributed by atoms with Crippen LogP contribution in [0.15, 0.2) is 22.7 Å². The molecular formula is C11H7BrF3NOS2. The van der Waals surface area contributed by atoms with E-state index in [1.54, 1.807) is 6.92 Å². The molecule has 1 heterocycles. The third-order valence-electron chi connectivity index (χ3n) is 2.54. The van der Waals surface area contributed by atoms with Crippen LogP contribution in [0.3, 0.4) is 0 Å². The van der Waals surface area contributed by atoms with Crippen LogP contribution in [0.1, 0.15) is 12.5 Å². The highest BCUT2D eigenvalue weighted by Crippen LogP contribution is 2.39. The van der Waals surface area contributed by atoms with Gasteiger partial charge in [0.25, 0.3) is 0 Å². The molecule has 8 heteroatoms. The van der Waals surface area contributed by atoms with Crippen LogP contribution >= 0.6 is 39.9 Å². The second kappa shape index (κ2) is 5.06. The third-order valence-corrected chi connectivity index (χ3v) is 4.64. The Bertz CT molecular complexity index is 561. The number of benzene rings is 1. The van der Waals surface area contributed by atoms with Crippen LogP contribution in [-0.2, 0) is 11.0 Å². The number of alkyl halides is 3. The van der Waals surface area contributed by atoms with Gasteiger partial charge in [-0.15, -0.1) is 0 Å². The maximum atomic E-state index is 12.8. The molecule has 1 amide bonds. The first-order valence-corrected chi connectivity index (χ1v) is 7.21. The lowest BCUT2D eigenvalue weighted by Crippen LogP contribution is -2.30. The van der Waals surface area contributed by atoms with Gasteiger partial charge in [0.1, 0.15) is 4.32 Å². The summed E-state index contributed by atoms with van der Waals surface area (Å²) in [5, 5.41) is -0.370. The zero-order valence-corrected chi connectivity index (χ0v) is 12.7. The summed E-state index contributed by atoms with van der Waals surface area (Å²) in [5.74, 6) is -0.301. The quantitative estimate of drug-likeness (QED) is 0.691. The topological polar surface area (TPSA) is 20.3 Å². The van der Waals surface area contributed by atoms with E-state index in [1.807, 2.05) is 0 Å². The number of carbonyl (C=O) groups excluding carboxylic acids is 1. The molecule has 0 saturated carbocycles. The lowest BCUT2D eigenvalue weighted by molar-refractivity contribution is -0.138. The molecule has 0 N–H and O–H groups in total. The Balaban J connectivity index is 2.48. The number of hydrogen-bond donors (Lipinski definition) is 0. The van der Waals surface area contributed by atoms with Crippen molar-refractivity contribution >= 4 is 55.8 Å². The molecular weight excluding hydrogens is 363 g/mol. The number of thiocarbonyl (C=S) groups is 1. The molecule has 1 saturated heterocycles. The summed E-state index contributed by atoms with van der Waals surface area (Å²) in [7, 11) is 0. The van der Waals surface area contributed by atoms with Gasteiger partial charge in [-0.3, -0.25) is 9.69 Å². The Kier molecular flexibility index (Phi) is 3.95. The van der Waals surface area contributed by atoms with Crippen LogP contribution in [-0.4, -0.2) is 15.5 Å². The summed E-state index contributed by atoms with van der Waals surface area (Å²) in [6, 6.07) is 3.62. The van der Waals surface area contributed by atoms with Crippen molar-refractivity contribution in [3.8, 4) is 0 Å². The van der Waals surface area contributed by atoms with Crippen molar-refractivity contribution in [3.63, 3.8) is 0 Å². The summed E-state index contributed by atoms with van der Waals surface area (Å²) in [5.41, 5.74) is -0.687. The molecule has 0 spiro atoms. The Hall–Kier alpha value is -0.600. The van der Waals surface area contributed by atoms with Crippen LogP contribution < -0.4 is 4.90 Å². The van der Waals surface area contributed by atoms with Crippen molar-refractivity contribution in [2.24, 2.45) is 0 Å². The minimum atomic E-state index is -4.49. The van der Waals surface area contributed by atoms with Gasteiger partial charge in [-0.1, -0.05) is 39.9 Å². The first-order valence-electron chi connectivity index (χ1n) is 5.13. The molecule has 1 aliphatic rings. The van der Waals surface area contributed by atoms with Gasteiger partial charge < -0.3 is 0 Å². The molecule has 1 atom stereocenters. The maximum Gasteiger partial charge on any atom is 0.417 e. The predicted molar refractivity (Wildman–Crippen MR) is 76.3 cm³/mol. The number of carbonyl (C=O) groups is 1.